The zero-order chi connectivity index (χ0) is 31.0. The van der Waals surface area contributed by atoms with Gasteiger partial charge in [0.25, 0.3) is 0 Å². The molecule has 0 aromatic carbocycles. The molecule has 0 amide bonds. The number of alkyl halides is 1. The van der Waals surface area contributed by atoms with Gasteiger partial charge in [0, 0.05) is 19.1 Å². The van der Waals surface area contributed by atoms with E-state index in [1.54, 1.807) is 0 Å². The van der Waals surface area contributed by atoms with Crippen molar-refractivity contribution in [2.45, 2.75) is 71.1 Å². The van der Waals surface area contributed by atoms with Crippen LogP contribution in [0.2, 0.25) is 0 Å². The first-order valence-corrected chi connectivity index (χ1v) is 17.3. The Kier molecular flexibility index (Phi) is 41.8. The normalized spacial score (nSPS) is 11.6. The maximum atomic E-state index is 5.65. The second kappa shape index (κ2) is 41.9. The maximum absolute atomic E-state index is 5.65. The van der Waals surface area contributed by atoms with Crippen LogP contribution in [-0.2, 0) is 47.4 Å². The Morgan fingerprint density at radius 3 is 0.721 bits per heavy atom. The molecule has 0 unspecified atom stereocenters. The molecule has 260 valence electrons. The number of hydrogen-bond donors (Lipinski definition) is 0. The molecule has 0 atom stereocenters. The van der Waals surface area contributed by atoms with Gasteiger partial charge in [-0.2, -0.15) is 0 Å². The van der Waals surface area contributed by atoms with Crippen LogP contribution in [0, 0.1) is 0 Å². The monoisotopic (exact) mass is 644 g/mol. The van der Waals surface area contributed by atoms with Gasteiger partial charge in [0.05, 0.1) is 119 Å². The predicted octanol–water partition coefficient (Wildman–Crippen LogP) is 5.31. The lowest BCUT2D eigenvalue weighted by atomic mass is 10.1. The molecule has 0 spiro atoms. The van der Waals surface area contributed by atoms with Gasteiger partial charge in [0.2, 0.25) is 0 Å². The van der Waals surface area contributed by atoms with Gasteiger partial charge in [0.15, 0.2) is 0 Å². The highest BCUT2D eigenvalue weighted by Gasteiger charge is 1.97. The lowest BCUT2D eigenvalue weighted by Crippen LogP contribution is -2.15. The minimum absolute atomic E-state index is 0.530. The van der Waals surface area contributed by atoms with E-state index in [-0.39, 0.29) is 0 Å². The SMILES string of the molecule is CCCCCCCCOCCOCCOCCOCCOCCOCCOCCOCCOCCOCCCCCCCl. The minimum Gasteiger partial charge on any atom is -0.379 e. The van der Waals surface area contributed by atoms with Crippen molar-refractivity contribution in [3.8, 4) is 0 Å². The summed E-state index contributed by atoms with van der Waals surface area (Å²) in [4.78, 5) is 0. The van der Waals surface area contributed by atoms with Crippen molar-refractivity contribution in [1.29, 1.82) is 0 Å². The summed E-state index contributed by atoms with van der Waals surface area (Å²) >= 11 is 5.65. The van der Waals surface area contributed by atoms with Crippen molar-refractivity contribution in [1.82, 2.24) is 0 Å². The molecule has 0 aromatic rings. The van der Waals surface area contributed by atoms with Crippen molar-refractivity contribution >= 4 is 11.6 Å². The van der Waals surface area contributed by atoms with E-state index >= 15 is 0 Å². The first-order chi connectivity index (χ1) is 21.4. The second-order valence-corrected chi connectivity index (χ2v) is 10.4. The molecule has 0 N–H and O–H groups in total. The summed E-state index contributed by atoms with van der Waals surface area (Å²) in [5.41, 5.74) is 0. The lowest BCUT2D eigenvalue weighted by Gasteiger charge is -2.09. The van der Waals surface area contributed by atoms with Gasteiger partial charge in [-0.05, 0) is 19.3 Å². The second-order valence-electron chi connectivity index (χ2n) is 9.99. The highest BCUT2D eigenvalue weighted by atomic mass is 35.5. The van der Waals surface area contributed by atoms with Crippen LogP contribution in [0.25, 0.3) is 0 Å². The smallest absolute Gasteiger partial charge is 0.0701 e. The number of halogens is 1. The molecule has 0 aliphatic heterocycles. The Bertz CT molecular complexity index is 439. The average molecular weight is 645 g/mol. The third-order valence-electron chi connectivity index (χ3n) is 6.16. The van der Waals surface area contributed by atoms with E-state index in [1.807, 2.05) is 0 Å². The highest BCUT2D eigenvalue weighted by molar-refractivity contribution is 6.17. The molecule has 0 heterocycles. The zero-order valence-corrected chi connectivity index (χ0v) is 28.1. The Labute approximate surface area is 267 Å². The van der Waals surface area contributed by atoms with Crippen molar-refractivity contribution < 1.29 is 47.4 Å². The van der Waals surface area contributed by atoms with Crippen LogP contribution < -0.4 is 0 Å². The van der Waals surface area contributed by atoms with Crippen molar-refractivity contribution in [2.24, 2.45) is 0 Å². The van der Waals surface area contributed by atoms with E-state index in [2.05, 4.69) is 6.92 Å². The van der Waals surface area contributed by atoms with Crippen LogP contribution in [0.4, 0.5) is 0 Å². The molecule has 0 aromatic heterocycles. The molecule has 0 aliphatic rings. The number of rotatable bonds is 40. The summed E-state index contributed by atoms with van der Waals surface area (Å²) in [5.74, 6) is 0.747. The molecule has 11 heteroatoms. The molecular weight excluding hydrogens is 580 g/mol. The van der Waals surface area contributed by atoms with Gasteiger partial charge < -0.3 is 47.4 Å². The first kappa shape index (κ1) is 42.9. The molecule has 0 rings (SSSR count). The Balaban J connectivity index is 3.02. The minimum atomic E-state index is 0.530. The molecule has 0 fully saturated rings. The van der Waals surface area contributed by atoms with Gasteiger partial charge in [-0.1, -0.05) is 51.9 Å². The van der Waals surface area contributed by atoms with Crippen LogP contribution in [0.15, 0.2) is 0 Å². The van der Waals surface area contributed by atoms with Crippen LogP contribution >= 0.6 is 11.6 Å². The molecule has 43 heavy (non-hydrogen) atoms. The van der Waals surface area contributed by atoms with Gasteiger partial charge in [-0.3, -0.25) is 0 Å². The summed E-state index contributed by atoms with van der Waals surface area (Å²) in [5, 5.41) is 0. The largest absolute Gasteiger partial charge is 0.379 e. The van der Waals surface area contributed by atoms with E-state index in [9.17, 15) is 0 Å². The molecule has 10 nitrogen and oxygen atoms in total. The van der Waals surface area contributed by atoms with Crippen LogP contribution in [0.3, 0.4) is 0 Å². The van der Waals surface area contributed by atoms with E-state index in [0.717, 1.165) is 38.4 Å². The molecule has 0 saturated heterocycles. The molecule has 0 bridgehead atoms. The van der Waals surface area contributed by atoms with Gasteiger partial charge in [0.1, 0.15) is 0 Å². The predicted molar refractivity (Wildman–Crippen MR) is 171 cm³/mol. The molecule has 0 saturated carbocycles. The summed E-state index contributed by atoms with van der Waals surface area (Å²) in [6, 6.07) is 0. The summed E-state index contributed by atoms with van der Waals surface area (Å²) in [6.07, 6.45) is 12.2. The molecule has 0 aliphatic carbocycles. The first-order valence-electron chi connectivity index (χ1n) is 16.7. The van der Waals surface area contributed by atoms with E-state index < -0.39 is 0 Å². The Morgan fingerprint density at radius 1 is 0.256 bits per heavy atom. The van der Waals surface area contributed by atoms with Gasteiger partial charge in [-0.25, -0.2) is 0 Å². The fourth-order valence-electron chi connectivity index (χ4n) is 3.72. The van der Waals surface area contributed by atoms with Crippen LogP contribution in [0.5, 0.6) is 0 Å². The van der Waals surface area contributed by atoms with E-state index in [4.69, 9.17) is 59.0 Å². The van der Waals surface area contributed by atoms with Gasteiger partial charge in [-0.15, -0.1) is 11.6 Å². The maximum Gasteiger partial charge on any atom is 0.0701 e. The van der Waals surface area contributed by atoms with Crippen molar-refractivity contribution in [3.05, 3.63) is 0 Å². The van der Waals surface area contributed by atoms with Crippen molar-refractivity contribution in [3.63, 3.8) is 0 Å². The zero-order valence-electron chi connectivity index (χ0n) is 27.4. The summed E-state index contributed by atoms with van der Waals surface area (Å²) in [7, 11) is 0. The average Bonchev–Trinajstić information content (AvgIpc) is 3.02. The molecule has 0 radical (unpaired) electrons. The topological polar surface area (TPSA) is 92.3 Å². The fourth-order valence-corrected chi connectivity index (χ4v) is 3.91. The summed E-state index contributed by atoms with van der Waals surface area (Å²) < 4.78 is 55.0. The third kappa shape index (κ3) is 41.9. The van der Waals surface area contributed by atoms with E-state index in [0.29, 0.717) is 119 Å². The lowest BCUT2D eigenvalue weighted by molar-refractivity contribution is -0.0264. The Morgan fingerprint density at radius 2 is 0.465 bits per heavy atom. The van der Waals surface area contributed by atoms with Gasteiger partial charge >= 0.3 is 0 Å². The van der Waals surface area contributed by atoms with Crippen LogP contribution in [0.1, 0.15) is 71.1 Å². The summed E-state index contributed by atoms with van der Waals surface area (Å²) in [6.45, 7) is 14.0. The van der Waals surface area contributed by atoms with Crippen molar-refractivity contribution in [2.75, 3.05) is 138 Å². The van der Waals surface area contributed by atoms with Crippen LogP contribution in [-0.4, -0.2) is 138 Å². The third-order valence-corrected chi connectivity index (χ3v) is 6.43. The standard InChI is InChI=1S/C32H65ClO10/c1-2-3-4-5-7-10-13-34-15-17-36-19-21-38-23-25-40-27-29-42-31-32-43-30-28-41-26-24-39-22-20-37-18-16-35-14-11-8-6-9-12-33/h2-32H2,1H3. The highest BCUT2D eigenvalue weighted by Crippen LogP contribution is 2.05. The fraction of sp³-hybridized carbons (Fsp3) is 1.00. The number of hydrogen-bond acceptors (Lipinski definition) is 10. The number of unbranched alkanes of at least 4 members (excludes halogenated alkanes) is 8. The molecular formula is C32H65ClO10. The number of ether oxygens (including phenoxy) is 10. The quantitative estimate of drug-likeness (QED) is 0.0645. The van der Waals surface area contributed by atoms with E-state index in [1.165, 1.54) is 44.9 Å². The Hall–Kier alpha value is -0.110.